The lowest BCUT2D eigenvalue weighted by Crippen LogP contribution is -2.49. The number of hydrogen-bond donors (Lipinski definition) is 0. The Kier molecular flexibility index (Phi) is 6.10. The highest BCUT2D eigenvalue weighted by Crippen LogP contribution is 2.26. The van der Waals surface area contributed by atoms with Crippen molar-refractivity contribution < 1.29 is 9.53 Å². The first-order valence-corrected chi connectivity index (χ1v) is 11.2. The summed E-state index contributed by atoms with van der Waals surface area (Å²) in [4.78, 5) is 26.0. The topological polar surface area (TPSA) is 58.6 Å². The first-order valence-electron chi connectivity index (χ1n) is 9.48. The van der Waals surface area contributed by atoms with Crippen molar-refractivity contribution in [1.29, 1.82) is 0 Å². The van der Waals surface area contributed by atoms with E-state index in [0.717, 1.165) is 39.7 Å². The van der Waals surface area contributed by atoms with Crippen LogP contribution in [0.2, 0.25) is 0 Å². The summed E-state index contributed by atoms with van der Waals surface area (Å²) in [6, 6.07) is 11.8. The molecule has 1 aliphatic rings. The van der Waals surface area contributed by atoms with Crippen LogP contribution in [0, 0.1) is 0 Å². The molecule has 0 N–H and O–H groups in total. The van der Waals surface area contributed by atoms with Crippen molar-refractivity contribution in [2.24, 2.45) is 0 Å². The fourth-order valence-corrected chi connectivity index (χ4v) is 4.26. The maximum atomic E-state index is 12.9. The summed E-state index contributed by atoms with van der Waals surface area (Å²) in [7, 11) is 0. The van der Waals surface area contributed by atoms with E-state index in [1.165, 1.54) is 11.3 Å². The molecule has 0 bridgehead atoms. The third-order valence-electron chi connectivity index (χ3n) is 4.74. The molecule has 0 spiro atoms. The quantitative estimate of drug-likeness (QED) is 0.552. The molecule has 1 amide bonds. The fraction of sp³-hybridized carbons (Fsp3) is 0.286. The van der Waals surface area contributed by atoms with Gasteiger partial charge in [0, 0.05) is 47.8 Å². The van der Waals surface area contributed by atoms with Gasteiger partial charge in [0.2, 0.25) is 0 Å². The van der Waals surface area contributed by atoms with Crippen LogP contribution in [0.5, 0.6) is 5.75 Å². The van der Waals surface area contributed by atoms with Crippen molar-refractivity contribution in [3.63, 3.8) is 0 Å². The Morgan fingerprint density at radius 2 is 1.90 bits per heavy atom. The first-order chi connectivity index (χ1) is 14.1. The molecule has 0 radical (unpaired) electrons. The highest BCUT2D eigenvalue weighted by Gasteiger charge is 2.24. The van der Waals surface area contributed by atoms with Crippen LogP contribution in [-0.4, -0.2) is 53.6 Å². The lowest BCUT2D eigenvalue weighted by atomic mass is 10.2. The zero-order valence-corrected chi connectivity index (χ0v) is 18.4. The highest BCUT2D eigenvalue weighted by atomic mass is 79.9. The maximum Gasteiger partial charge on any atom is 0.273 e. The van der Waals surface area contributed by atoms with Crippen LogP contribution >= 0.6 is 27.3 Å². The largest absolute Gasteiger partial charge is 0.494 e. The van der Waals surface area contributed by atoms with E-state index in [1.807, 2.05) is 53.6 Å². The van der Waals surface area contributed by atoms with Gasteiger partial charge in [-0.2, -0.15) is 0 Å². The summed E-state index contributed by atoms with van der Waals surface area (Å²) in [6.07, 6.45) is 1.80. The molecule has 1 aromatic carbocycles. The molecule has 6 nitrogen and oxygen atoms in total. The second-order valence-corrected chi connectivity index (χ2v) is 8.38. The third-order valence-corrected chi connectivity index (χ3v) is 6.10. The Morgan fingerprint density at radius 3 is 2.55 bits per heavy atom. The number of aromatic nitrogens is 2. The number of nitrogens with zero attached hydrogens (tertiary/aromatic N) is 4. The Bertz CT molecular complexity index is 967. The molecule has 0 aliphatic carbocycles. The van der Waals surface area contributed by atoms with Crippen molar-refractivity contribution >= 4 is 39.0 Å². The molecule has 29 heavy (non-hydrogen) atoms. The van der Waals surface area contributed by atoms with Gasteiger partial charge < -0.3 is 14.5 Å². The minimum Gasteiger partial charge on any atom is -0.494 e. The van der Waals surface area contributed by atoms with Crippen LogP contribution in [0.3, 0.4) is 0 Å². The number of thiazole rings is 1. The number of halogens is 1. The van der Waals surface area contributed by atoms with Crippen molar-refractivity contribution in [2.45, 2.75) is 6.92 Å². The number of pyridine rings is 1. The van der Waals surface area contributed by atoms with E-state index in [0.29, 0.717) is 25.4 Å². The van der Waals surface area contributed by atoms with Gasteiger partial charge >= 0.3 is 0 Å². The number of carbonyl (C=O) groups excluding carboxylic acids is 1. The second-order valence-electron chi connectivity index (χ2n) is 6.61. The Hall–Kier alpha value is -2.45. The standard InChI is InChI=1S/C21H21BrN4O2S/c1-2-28-17-6-3-15(4-7-17)20-24-18(14-29-20)21(27)26-11-9-25(10-12-26)19-8-5-16(22)13-23-19/h3-8,13-14H,2,9-12H2,1H3. The van der Waals surface area contributed by atoms with Crippen LogP contribution in [0.1, 0.15) is 17.4 Å². The molecule has 0 saturated carbocycles. The van der Waals surface area contributed by atoms with Gasteiger partial charge in [-0.25, -0.2) is 9.97 Å². The van der Waals surface area contributed by atoms with Crippen molar-refractivity contribution in [3.8, 4) is 16.3 Å². The highest BCUT2D eigenvalue weighted by molar-refractivity contribution is 9.10. The van der Waals surface area contributed by atoms with Crippen molar-refractivity contribution in [1.82, 2.24) is 14.9 Å². The Morgan fingerprint density at radius 1 is 1.14 bits per heavy atom. The van der Waals surface area contributed by atoms with Crippen molar-refractivity contribution in [2.75, 3.05) is 37.7 Å². The zero-order chi connectivity index (χ0) is 20.2. The minimum absolute atomic E-state index is 0.0122. The molecular formula is C21H21BrN4O2S. The normalized spacial score (nSPS) is 14.1. The van der Waals surface area contributed by atoms with E-state index in [9.17, 15) is 4.79 Å². The lowest BCUT2D eigenvalue weighted by molar-refractivity contribution is 0.0741. The molecule has 1 fully saturated rings. The molecule has 0 unspecified atom stereocenters. The molecule has 1 aliphatic heterocycles. The lowest BCUT2D eigenvalue weighted by Gasteiger charge is -2.35. The minimum atomic E-state index is -0.0122. The van der Waals surface area contributed by atoms with E-state index in [2.05, 4.69) is 30.8 Å². The predicted molar refractivity (Wildman–Crippen MR) is 119 cm³/mol. The van der Waals surface area contributed by atoms with Gasteiger partial charge in [0.05, 0.1) is 6.61 Å². The van der Waals surface area contributed by atoms with Gasteiger partial charge in [0.1, 0.15) is 22.3 Å². The molecule has 150 valence electrons. The SMILES string of the molecule is CCOc1ccc(-c2nc(C(=O)N3CCN(c4ccc(Br)cn4)CC3)cs2)cc1. The number of piperazine rings is 1. The summed E-state index contributed by atoms with van der Waals surface area (Å²) in [6.45, 7) is 5.44. The molecule has 3 aromatic rings. The summed E-state index contributed by atoms with van der Waals surface area (Å²) < 4.78 is 6.44. The second kappa shape index (κ2) is 8.92. The van der Waals surface area contributed by atoms with Crippen LogP contribution in [0.4, 0.5) is 5.82 Å². The number of rotatable bonds is 5. The van der Waals surface area contributed by atoms with Gasteiger partial charge in [0.15, 0.2) is 0 Å². The first kappa shape index (κ1) is 19.8. The van der Waals surface area contributed by atoms with E-state index < -0.39 is 0 Å². The number of carbonyl (C=O) groups is 1. The van der Waals surface area contributed by atoms with E-state index in [1.54, 1.807) is 6.20 Å². The number of anilines is 1. The number of hydrogen-bond acceptors (Lipinski definition) is 6. The van der Waals surface area contributed by atoms with E-state index in [4.69, 9.17) is 4.74 Å². The summed E-state index contributed by atoms with van der Waals surface area (Å²) >= 11 is 4.90. The fourth-order valence-electron chi connectivity index (χ4n) is 3.22. The van der Waals surface area contributed by atoms with E-state index in [-0.39, 0.29) is 5.91 Å². The van der Waals surface area contributed by atoms with Crippen LogP contribution in [0.25, 0.3) is 10.6 Å². The number of ether oxygens (including phenoxy) is 1. The van der Waals surface area contributed by atoms with E-state index >= 15 is 0 Å². The van der Waals surface area contributed by atoms with Gasteiger partial charge in [-0.3, -0.25) is 4.79 Å². The summed E-state index contributed by atoms with van der Waals surface area (Å²) in [5.41, 5.74) is 1.50. The van der Waals surface area contributed by atoms with Crippen molar-refractivity contribution in [3.05, 3.63) is 58.1 Å². The average molecular weight is 473 g/mol. The monoisotopic (exact) mass is 472 g/mol. The molecule has 4 rings (SSSR count). The van der Waals surface area contributed by atoms with Gasteiger partial charge in [0.25, 0.3) is 5.91 Å². The summed E-state index contributed by atoms with van der Waals surface area (Å²) in [5.74, 6) is 1.76. The smallest absolute Gasteiger partial charge is 0.273 e. The van der Waals surface area contributed by atoms with Crippen LogP contribution < -0.4 is 9.64 Å². The van der Waals surface area contributed by atoms with Crippen LogP contribution in [0.15, 0.2) is 52.4 Å². The average Bonchev–Trinajstić information content (AvgIpc) is 3.25. The Balaban J connectivity index is 1.38. The zero-order valence-electron chi connectivity index (χ0n) is 16.0. The van der Waals surface area contributed by atoms with Gasteiger partial charge in [-0.05, 0) is 59.3 Å². The predicted octanol–water partition coefficient (Wildman–Crippen LogP) is 4.33. The third kappa shape index (κ3) is 4.59. The van der Waals surface area contributed by atoms with Gasteiger partial charge in [-0.15, -0.1) is 11.3 Å². The Labute approximate surface area is 182 Å². The van der Waals surface area contributed by atoms with Crippen LogP contribution in [-0.2, 0) is 0 Å². The molecule has 2 aromatic heterocycles. The number of amides is 1. The molecule has 8 heteroatoms. The maximum absolute atomic E-state index is 12.9. The molecule has 1 saturated heterocycles. The molecule has 3 heterocycles. The van der Waals surface area contributed by atoms with Gasteiger partial charge in [-0.1, -0.05) is 0 Å². The number of benzene rings is 1. The molecule has 0 atom stereocenters. The molecular weight excluding hydrogens is 452 g/mol. The summed E-state index contributed by atoms with van der Waals surface area (Å²) in [5, 5.41) is 2.69.